The average molecular weight is 305 g/mol. The maximum absolute atomic E-state index is 13.7. The van der Waals surface area contributed by atoms with Crippen LogP contribution in [0.5, 0.6) is 0 Å². The van der Waals surface area contributed by atoms with Crippen LogP contribution in [0.1, 0.15) is 0 Å². The highest BCUT2D eigenvalue weighted by Crippen LogP contribution is 2.17. The van der Waals surface area contributed by atoms with Crippen molar-refractivity contribution in [3.05, 3.63) is 18.2 Å². The van der Waals surface area contributed by atoms with Crippen molar-refractivity contribution in [1.29, 1.82) is 0 Å². The molecule has 0 bridgehead atoms. The van der Waals surface area contributed by atoms with Gasteiger partial charge in [0.05, 0.1) is 21.0 Å². The van der Waals surface area contributed by atoms with E-state index in [2.05, 4.69) is 0 Å². The minimum absolute atomic E-state index is 0.0386. The summed E-state index contributed by atoms with van der Waals surface area (Å²) in [6.07, 6.45) is 0. The van der Waals surface area contributed by atoms with Crippen LogP contribution < -0.4 is 10.4 Å². The molecule has 0 unspecified atom stereocenters. The van der Waals surface area contributed by atoms with E-state index in [1.54, 1.807) is 12.1 Å². The summed E-state index contributed by atoms with van der Waals surface area (Å²) in [6, 6.07) is 5.39. The summed E-state index contributed by atoms with van der Waals surface area (Å²) in [4.78, 5) is -0.0386. The van der Waals surface area contributed by atoms with Crippen molar-refractivity contribution < 1.29 is 12.3 Å². The first kappa shape index (κ1) is 15.6. The zero-order chi connectivity index (χ0) is 14.4. The van der Waals surface area contributed by atoms with Gasteiger partial charge in [-0.3, -0.25) is 0 Å². The molecule has 102 valence electrons. The first-order chi connectivity index (χ1) is 7.85. The van der Waals surface area contributed by atoms with Crippen LogP contribution in [0.3, 0.4) is 0 Å². The zero-order valence-corrected chi connectivity index (χ0v) is 14.7. The second-order valence-electron chi connectivity index (χ2n) is 6.62. The van der Waals surface area contributed by atoms with Crippen molar-refractivity contribution in [3.63, 3.8) is 0 Å². The highest BCUT2D eigenvalue weighted by atomic mass is 32.3. The van der Waals surface area contributed by atoms with Crippen LogP contribution >= 0.6 is 0 Å². The largest absolute Gasteiger partial charge is 0.331 e. The predicted molar refractivity (Wildman–Crippen MR) is 80.7 cm³/mol. The molecule has 1 aromatic carbocycles. The Balaban J connectivity index is 3.79. The van der Waals surface area contributed by atoms with E-state index in [1.807, 2.05) is 45.3 Å². The normalized spacial score (nSPS) is 13.7. The third-order valence-electron chi connectivity index (χ3n) is 2.87. The molecular weight excluding hydrogens is 283 g/mol. The van der Waals surface area contributed by atoms with Crippen molar-refractivity contribution in [1.82, 2.24) is 0 Å². The van der Waals surface area contributed by atoms with E-state index in [-0.39, 0.29) is 4.90 Å². The fourth-order valence-electron chi connectivity index (χ4n) is 1.98. The van der Waals surface area contributed by atoms with Crippen LogP contribution in [0.4, 0.5) is 3.89 Å². The summed E-state index contributed by atoms with van der Waals surface area (Å²) in [7, 11) is -8.45. The van der Waals surface area contributed by atoms with Gasteiger partial charge in [-0.1, -0.05) is 57.5 Å². The summed E-state index contributed by atoms with van der Waals surface area (Å²) in [6.45, 7) is 12.2. The lowest BCUT2D eigenvalue weighted by atomic mass is 10.3. The molecule has 2 nitrogen and oxygen atoms in total. The predicted octanol–water partition coefficient (Wildman–Crippen LogP) is 2.44. The fraction of sp³-hybridized carbons (Fsp3) is 0.500. The molecule has 6 heteroatoms. The van der Waals surface area contributed by atoms with E-state index < -0.39 is 26.4 Å². The highest BCUT2D eigenvalue weighted by molar-refractivity contribution is 7.87. The number of benzene rings is 1. The minimum atomic E-state index is -4.66. The molecule has 0 saturated carbocycles. The summed E-state index contributed by atoms with van der Waals surface area (Å²) >= 11 is 0. The molecule has 18 heavy (non-hydrogen) atoms. The smallest absolute Gasteiger partial charge is 0.189 e. The lowest BCUT2D eigenvalue weighted by Gasteiger charge is -2.26. The molecule has 0 fully saturated rings. The van der Waals surface area contributed by atoms with Crippen molar-refractivity contribution in [2.45, 2.75) is 44.2 Å². The molecule has 0 aromatic heterocycles. The summed E-state index contributed by atoms with van der Waals surface area (Å²) in [5.74, 6) is 0. The number of hydrogen-bond acceptors (Lipinski definition) is 2. The van der Waals surface area contributed by atoms with Gasteiger partial charge in [-0.2, -0.15) is 8.42 Å². The molecule has 1 aromatic rings. The van der Waals surface area contributed by atoms with E-state index in [1.165, 1.54) is 0 Å². The van der Waals surface area contributed by atoms with Crippen molar-refractivity contribution in [3.8, 4) is 0 Å². The zero-order valence-electron chi connectivity index (χ0n) is 11.8. The average Bonchev–Trinajstić information content (AvgIpc) is 2.12. The van der Waals surface area contributed by atoms with Crippen molar-refractivity contribution >= 4 is 36.7 Å². The monoisotopic (exact) mass is 304 g/mol. The van der Waals surface area contributed by atoms with Gasteiger partial charge in [0.2, 0.25) is 0 Å². The Morgan fingerprint density at radius 3 is 1.44 bits per heavy atom. The fourth-order valence-corrected chi connectivity index (χ4v) is 8.16. The van der Waals surface area contributed by atoms with Crippen LogP contribution in [-0.4, -0.2) is 24.6 Å². The third kappa shape index (κ3) is 3.30. The summed E-state index contributed by atoms with van der Waals surface area (Å²) < 4.78 is 36.8. The van der Waals surface area contributed by atoms with Gasteiger partial charge in [0.1, 0.15) is 0 Å². The van der Waals surface area contributed by atoms with Crippen LogP contribution in [0.25, 0.3) is 0 Å². The molecule has 0 atom stereocenters. The quantitative estimate of drug-likeness (QED) is 0.635. The van der Waals surface area contributed by atoms with Gasteiger partial charge in [0.25, 0.3) is 0 Å². The molecule has 1 rings (SSSR count). The minimum Gasteiger partial charge on any atom is -0.189 e. The van der Waals surface area contributed by atoms with Crippen molar-refractivity contribution in [2.24, 2.45) is 0 Å². The summed E-state index contributed by atoms with van der Waals surface area (Å²) in [5, 5.41) is 1.40. The summed E-state index contributed by atoms with van der Waals surface area (Å²) in [5.41, 5.74) is 0. The maximum atomic E-state index is 13.7. The van der Waals surface area contributed by atoms with Gasteiger partial charge in [-0.05, 0) is 10.4 Å². The second-order valence-corrected chi connectivity index (χ2v) is 18.0. The van der Waals surface area contributed by atoms with Gasteiger partial charge < -0.3 is 0 Å². The lowest BCUT2D eigenvalue weighted by molar-refractivity contribution is 0.553. The molecule has 0 aliphatic heterocycles. The Hall–Kier alpha value is -0.466. The molecule has 0 N–H and O–H groups in total. The van der Waals surface area contributed by atoms with Crippen LogP contribution in [0.15, 0.2) is 23.1 Å². The molecule has 0 radical (unpaired) electrons. The van der Waals surface area contributed by atoms with Crippen molar-refractivity contribution in [2.75, 3.05) is 0 Å². The Kier molecular flexibility index (Phi) is 3.96. The molecule has 0 saturated heterocycles. The third-order valence-corrected chi connectivity index (χ3v) is 8.23. The Morgan fingerprint density at radius 2 is 1.22 bits per heavy atom. The van der Waals surface area contributed by atoms with Crippen LogP contribution in [-0.2, 0) is 10.2 Å². The van der Waals surface area contributed by atoms with E-state index in [0.29, 0.717) is 10.4 Å². The second kappa shape index (κ2) is 4.57. The Bertz CT molecular complexity index is 522. The first-order valence-electron chi connectivity index (χ1n) is 5.94. The van der Waals surface area contributed by atoms with Crippen LogP contribution in [0.2, 0.25) is 39.3 Å². The van der Waals surface area contributed by atoms with Gasteiger partial charge in [-0.15, -0.1) is 3.89 Å². The number of rotatable bonds is 3. The topological polar surface area (TPSA) is 34.1 Å². The van der Waals surface area contributed by atoms with Gasteiger partial charge in [0.15, 0.2) is 0 Å². The highest BCUT2D eigenvalue weighted by Gasteiger charge is 2.33. The maximum Gasteiger partial charge on any atom is 0.331 e. The number of halogens is 1. The molecule has 0 aliphatic carbocycles. The van der Waals surface area contributed by atoms with Gasteiger partial charge >= 0.3 is 10.2 Å². The SMILES string of the molecule is C[Si](C)(C)c1cccc([Si](C)(C)C)c1S(=O)(=O)F. The molecule has 0 spiro atoms. The Labute approximate surface area is 111 Å². The first-order valence-corrected chi connectivity index (χ1v) is 14.3. The van der Waals surface area contributed by atoms with E-state index in [0.717, 1.165) is 0 Å². The van der Waals surface area contributed by atoms with Crippen LogP contribution in [0, 0.1) is 0 Å². The standard InChI is InChI=1S/C12H21FO2SSi2/c1-17(2,3)10-8-7-9-11(18(4,5)6)12(10)16(13,14)15/h7-9H,1-6H3. The molecular formula is C12H21FO2SSi2. The molecule has 0 aliphatic rings. The van der Waals surface area contributed by atoms with E-state index in [4.69, 9.17) is 0 Å². The van der Waals surface area contributed by atoms with E-state index >= 15 is 0 Å². The molecule has 0 amide bonds. The lowest BCUT2D eigenvalue weighted by Crippen LogP contribution is -2.49. The Morgan fingerprint density at radius 1 is 0.889 bits per heavy atom. The van der Waals surface area contributed by atoms with Gasteiger partial charge in [0, 0.05) is 0 Å². The van der Waals surface area contributed by atoms with Gasteiger partial charge in [-0.25, -0.2) is 0 Å². The molecule has 0 heterocycles. The van der Waals surface area contributed by atoms with E-state index in [9.17, 15) is 12.3 Å². The number of hydrogen-bond donors (Lipinski definition) is 0.